The number of fused-ring (bicyclic) bond motifs is 1. The van der Waals surface area contributed by atoms with Crippen molar-refractivity contribution in [2.24, 2.45) is 0 Å². The molecule has 0 aliphatic carbocycles. The molecule has 2 heterocycles. The maximum absolute atomic E-state index is 5.81. The molecule has 0 aliphatic heterocycles. The molecule has 3 nitrogen and oxygen atoms in total. The van der Waals surface area contributed by atoms with E-state index in [2.05, 4.69) is 9.97 Å². The van der Waals surface area contributed by atoms with E-state index in [0.717, 1.165) is 16.5 Å². The van der Waals surface area contributed by atoms with Gasteiger partial charge in [-0.15, -0.1) is 0 Å². The molecule has 2 aromatic heterocycles. The van der Waals surface area contributed by atoms with Gasteiger partial charge in [-0.2, -0.15) is 0 Å². The Bertz CT molecular complexity index is 691. The lowest BCUT2D eigenvalue weighted by molar-refractivity contribution is 0.625. The molecular formula is C13H9ClN2O. The van der Waals surface area contributed by atoms with Crippen LogP contribution in [0.1, 0.15) is 5.56 Å². The molecule has 0 atom stereocenters. The summed E-state index contributed by atoms with van der Waals surface area (Å²) in [5.41, 5.74) is 2.63. The molecule has 1 aromatic carbocycles. The quantitative estimate of drug-likeness (QED) is 0.653. The number of nitrogens with zero attached hydrogens (tertiary/aromatic N) is 2. The molecule has 0 saturated carbocycles. The minimum Gasteiger partial charge on any atom is -0.454 e. The number of rotatable bonds is 1. The summed E-state index contributed by atoms with van der Waals surface area (Å²) in [4.78, 5) is 8.18. The summed E-state index contributed by atoms with van der Waals surface area (Å²) in [6.07, 6.45) is 3.14. The third-order valence-corrected chi connectivity index (χ3v) is 2.78. The molecule has 4 heteroatoms. The van der Waals surface area contributed by atoms with Gasteiger partial charge in [0.1, 0.15) is 16.4 Å². The van der Waals surface area contributed by atoms with Crippen molar-refractivity contribution in [2.45, 2.75) is 6.92 Å². The van der Waals surface area contributed by atoms with Gasteiger partial charge in [0.15, 0.2) is 5.76 Å². The Morgan fingerprint density at radius 2 is 2.12 bits per heavy atom. The van der Waals surface area contributed by atoms with Gasteiger partial charge in [-0.3, -0.25) is 4.98 Å². The zero-order valence-corrected chi connectivity index (χ0v) is 9.90. The van der Waals surface area contributed by atoms with Crippen molar-refractivity contribution in [3.8, 4) is 11.5 Å². The van der Waals surface area contributed by atoms with Gasteiger partial charge in [-0.1, -0.05) is 29.8 Å². The minimum absolute atomic E-state index is 0.361. The van der Waals surface area contributed by atoms with Crippen LogP contribution in [0.25, 0.3) is 22.4 Å². The van der Waals surface area contributed by atoms with E-state index in [-0.39, 0.29) is 0 Å². The summed E-state index contributed by atoms with van der Waals surface area (Å²) in [7, 11) is 0. The minimum atomic E-state index is 0.361. The molecule has 0 saturated heterocycles. The third-order valence-electron chi connectivity index (χ3n) is 2.60. The van der Waals surface area contributed by atoms with Crippen molar-refractivity contribution in [3.05, 3.63) is 47.4 Å². The van der Waals surface area contributed by atoms with Gasteiger partial charge < -0.3 is 4.42 Å². The van der Waals surface area contributed by atoms with E-state index in [4.69, 9.17) is 16.0 Å². The van der Waals surface area contributed by atoms with Gasteiger partial charge in [-0.05, 0) is 18.6 Å². The monoisotopic (exact) mass is 244 g/mol. The predicted molar refractivity (Wildman–Crippen MR) is 67.0 cm³/mol. The third kappa shape index (κ3) is 1.78. The maximum atomic E-state index is 5.81. The number of hydrogen-bond donors (Lipinski definition) is 0. The summed E-state index contributed by atoms with van der Waals surface area (Å²) in [6, 6.07) is 7.97. The molecule has 0 radical (unpaired) electrons. The second kappa shape index (κ2) is 3.86. The molecule has 0 aliphatic rings. The van der Waals surface area contributed by atoms with E-state index in [1.807, 2.05) is 31.2 Å². The number of furan rings is 1. The molecule has 0 unspecified atom stereocenters. The topological polar surface area (TPSA) is 38.9 Å². The van der Waals surface area contributed by atoms with Crippen molar-refractivity contribution in [1.29, 1.82) is 0 Å². The number of halogens is 1. The largest absolute Gasteiger partial charge is 0.454 e. The standard InChI is InChI=1S/C13H9ClN2O/c1-8-3-2-4-9-5-11(17-13(8)9)10-6-15-7-12(14)16-10/h2-7H,1H3. The highest BCUT2D eigenvalue weighted by Crippen LogP contribution is 2.28. The van der Waals surface area contributed by atoms with Crippen molar-refractivity contribution in [3.63, 3.8) is 0 Å². The van der Waals surface area contributed by atoms with Crippen molar-refractivity contribution < 1.29 is 4.42 Å². The first-order chi connectivity index (χ1) is 8.24. The Labute approximate surface area is 103 Å². The van der Waals surface area contributed by atoms with Crippen LogP contribution < -0.4 is 0 Å². The highest BCUT2D eigenvalue weighted by atomic mass is 35.5. The zero-order valence-electron chi connectivity index (χ0n) is 9.14. The van der Waals surface area contributed by atoms with Crippen LogP contribution in [0.2, 0.25) is 5.15 Å². The fourth-order valence-corrected chi connectivity index (χ4v) is 1.94. The number of benzene rings is 1. The molecule has 0 spiro atoms. The van der Waals surface area contributed by atoms with Crippen molar-refractivity contribution in [1.82, 2.24) is 9.97 Å². The Hall–Kier alpha value is -1.87. The smallest absolute Gasteiger partial charge is 0.155 e. The Balaban J connectivity index is 2.22. The maximum Gasteiger partial charge on any atom is 0.155 e. The number of hydrogen-bond acceptors (Lipinski definition) is 3. The second-order valence-electron chi connectivity index (χ2n) is 3.83. The van der Waals surface area contributed by atoms with Gasteiger partial charge >= 0.3 is 0 Å². The molecule has 84 valence electrons. The lowest BCUT2D eigenvalue weighted by atomic mass is 10.2. The highest BCUT2D eigenvalue weighted by Gasteiger charge is 2.09. The normalized spacial score (nSPS) is 10.9. The van der Waals surface area contributed by atoms with Crippen molar-refractivity contribution >= 4 is 22.6 Å². The van der Waals surface area contributed by atoms with Gasteiger partial charge in [-0.25, -0.2) is 4.98 Å². The Morgan fingerprint density at radius 1 is 1.24 bits per heavy atom. The van der Waals surface area contributed by atoms with Crippen LogP contribution in [0, 0.1) is 6.92 Å². The molecule has 0 amide bonds. The molecular weight excluding hydrogens is 236 g/mol. The average molecular weight is 245 g/mol. The molecule has 0 N–H and O–H groups in total. The second-order valence-corrected chi connectivity index (χ2v) is 4.22. The van der Waals surface area contributed by atoms with E-state index in [1.54, 1.807) is 6.20 Å². The number of para-hydroxylation sites is 1. The first kappa shape index (κ1) is 10.3. The van der Waals surface area contributed by atoms with Crippen LogP contribution in [-0.4, -0.2) is 9.97 Å². The lowest BCUT2D eigenvalue weighted by Gasteiger charge is -1.95. The summed E-state index contributed by atoms with van der Waals surface area (Å²) in [5.74, 6) is 0.685. The van der Waals surface area contributed by atoms with Gasteiger partial charge in [0, 0.05) is 5.39 Å². The molecule has 17 heavy (non-hydrogen) atoms. The van der Waals surface area contributed by atoms with Crippen LogP contribution in [0.4, 0.5) is 0 Å². The van der Waals surface area contributed by atoms with Crippen LogP contribution in [-0.2, 0) is 0 Å². The predicted octanol–water partition coefficient (Wildman–Crippen LogP) is 3.85. The Kier molecular flexibility index (Phi) is 2.34. The summed E-state index contributed by atoms with van der Waals surface area (Å²) in [6.45, 7) is 2.01. The zero-order chi connectivity index (χ0) is 11.8. The first-order valence-electron chi connectivity index (χ1n) is 5.21. The van der Waals surface area contributed by atoms with E-state index in [9.17, 15) is 0 Å². The molecule has 3 aromatic rings. The van der Waals surface area contributed by atoms with E-state index >= 15 is 0 Å². The van der Waals surface area contributed by atoms with Crippen LogP contribution in [0.3, 0.4) is 0 Å². The summed E-state index contributed by atoms with van der Waals surface area (Å²) < 4.78 is 5.78. The van der Waals surface area contributed by atoms with Gasteiger partial charge in [0.25, 0.3) is 0 Å². The van der Waals surface area contributed by atoms with Gasteiger partial charge in [0.2, 0.25) is 0 Å². The molecule has 0 bridgehead atoms. The summed E-state index contributed by atoms with van der Waals surface area (Å²) >= 11 is 5.81. The Morgan fingerprint density at radius 3 is 2.88 bits per heavy atom. The van der Waals surface area contributed by atoms with Gasteiger partial charge in [0.05, 0.1) is 12.4 Å². The van der Waals surface area contributed by atoms with Crippen LogP contribution in [0.5, 0.6) is 0 Å². The SMILES string of the molecule is Cc1cccc2cc(-c3cncc(Cl)n3)oc12. The number of aryl methyl sites for hydroxylation is 1. The fourth-order valence-electron chi connectivity index (χ4n) is 1.80. The average Bonchev–Trinajstić information content (AvgIpc) is 2.74. The lowest BCUT2D eigenvalue weighted by Crippen LogP contribution is -1.83. The van der Waals surface area contributed by atoms with Crippen molar-refractivity contribution in [2.75, 3.05) is 0 Å². The van der Waals surface area contributed by atoms with E-state index in [0.29, 0.717) is 16.6 Å². The summed E-state index contributed by atoms with van der Waals surface area (Å²) in [5, 5.41) is 1.42. The molecule has 3 rings (SSSR count). The molecule has 0 fully saturated rings. The van der Waals surface area contributed by atoms with Crippen LogP contribution >= 0.6 is 11.6 Å². The van der Waals surface area contributed by atoms with E-state index < -0.39 is 0 Å². The highest BCUT2D eigenvalue weighted by molar-refractivity contribution is 6.29. The first-order valence-corrected chi connectivity index (χ1v) is 5.59. The van der Waals surface area contributed by atoms with Crippen LogP contribution in [0.15, 0.2) is 41.1 Å². The number of aromatic nitrogens is 2. The van der Waals surface area contributed by atoms with E-state index in [1.165, 1.54) is 6.20 Å². The fraction of sp³-hybridized carbons (Fsp3) is 0.0769.